The van der Waals surface area contributed by atoms with Crippen molar-refractivity contribution in [1.29, 1.82) is 0 Å². The van der Waals surface area contributed by atoms with Crippen molar-refractivity contribution in [3.05, 3.63) is 53.9 Å². The number of thioether (sulfide) groups is 2. The fraction of sp³-hybridized carbons (Fsp3) is 0.125. The van der Waals surface area contributed by atoms with E-state index in [2.05, 4.69) is 40.5 Å². The molecule has 0 fully saturated rings. The van der Waals surface area contributed by atoms with E-state index in [-0.39, 0.29) is 0 Å². The van der Waals surface area contributed by atoms with Gasteiger partial charge in [0.15, 0.2) is 0 Å². The number of primary amides is 1. The lowest BCUT2D eigenvalue weighted by Gasteiger charge is -2.00. The third-order valence-electron chi connectivity index (χ3n) is 3.26. The van der Waals surface area contributed by atoms with Gasteiger partial charge in [0.25, 0.3) is 5.91 Å². The van der Waals surface area contributed by atoms with Gasteiger partial charge < -0.3 is 10.7 Å². The van der Waals surface area contributed by atoms with E-state index < -0.39 is 5.91 Å². The Balaban J connectivity index is 1.79. The number of aromatic nitrogens is 2. The number of imidazole rings is 1. The number of benzene rings is 2. The van der Waals surface area contributed by atoms with Crippen molar-refractivity contribution >= 4 is 40.5 Å². The molecule has 112 valence electrons. The Morgan fingerprint density at radius 1 is 1.18 bits per heavy atom. The third kappa shape index (κ3) is 3.13. The van der Waals surface area contributed by atoms with Crippen LogP contribution in [0, 0.1) is 0 Å². The van der Waals surface area contributed by atoms with Crippen LogP contribution in [0.15, 0.2) is 52.3 Å². The summed E-state index contributed by atoms with van der Waals surface area (Å²) in [5.74, 6) is 1.09. The van der Waals surface area contributed by atoms with E-state index >= 15 is 0 Å². The molecule has 1 heterocycles. The fourth-order valence-corrected chi connectivity index (χ4v) is 3.35. The number of carbonyl (C=O) groups is 1. The van der Waals surface area contributed by atoms with Crippen LogP contribution in [0.4, 0.5) is 0 Å². The lowest BCUT2D eigenvalue weighted by molar-refractivity contribution is 0.100. The fourth-order valence-electron chi connectivity index (χ4n) is 2.17. The molecule has 3 aromatic rings. The minimum absolute atomic E-state index is 0.453. The van der Waals surface area contributed by atoms with Crippen molar-refractivity contribution in [3.8, 4) is 0 Å². The lowest BCUT2D eigenvalue weighted by Crippen LogP contribution is -2.11. The van der Waals surface area contributed by atoms with Crippen LogP contribution in [0.2, 0.25) is 0 Å². The van der Waals surface area contributed by atoms with Crippen molar-refractivity contribution in [1.82, 2.24) is 9.97 Å². The molecular weight excluding hydrogens is 314 g/mol. The number of nitrogens with one attached hydrogen (secondary N) is 1. The minimum atomic E-state index is -0.455. The predicted molar refractivity (Wildman–Crippen MR) is 92.4 cm³/mol. The van der Waals surface area contributed by atoms with E-state index in [9.17, 15) is 4.79 Å². The molecule has 0 bridgehead atoms. The van der Waals surface area contributed by atoms with E-state index in [1.54, 1.807) is 35.7 Å². The van der Waals surface area contributed by atoms with Gasteiger partial charge >= 0.3 is 0 Å². The summed E-state index contributed by atoms with van der Waals surface area (Å²) < 4.78 is 0. The summed E-state index contributed by atoms with van der Waals surface area (Å²) in [6.45, 7) is 0. The van der Waals surface area contributed by atoms with Crippen LogP contribution >= 0.6 is 23.5 Å². The first-order valence-corrected chi connectivity index (χ1v) is 8.92. The first kappa shape index (κ1) is 15.0. The summed E-state index contributed by atoms with van der Waals surface area (Å²) in [6, 6.07) is 13.8. The normalized spacial score (nSPS) is 11.0. The Morgan fingerprint density at radius 3 is 2.59 bits per heavy atom. The second kappa shape index (κ2) is 6.46. The molecule has 0 radical (unpaired) electrons. The van der Waals surface area contributed by atoms with Crippen LogP contribution in [0.1, 0.15) is 16.2 Å². The Hall–Kier alpha value is -1.92. The molecule has 0 spiro atoms. The van der Waals surface area contributed by atoms with Crippen molar-refractivity contribution in [2.45, 2.75) is 15.5 Å². The van der Waals surface area contributed by atoms with Crippen LogP contribution in [0.25, 0.3) is 11.0 Å². The highest BCUT2D eigenvalue weighted by atomic mass is 32.2. The molecular formula is C16H15N3OS2. The number of nitrogens with two attached hydrogens (primary N) is 1. The first-order chi connectivity index (χ1) is 10.7. The average Bonchev–Trinajstić information content (AvgIpc) is 2.96. The maximum atomic E-state index is 11.4. The Morgan fingerprint density at radius 2 is 1.91 bits per heavy atom. The lowest BCUT2D eigenvalue weighted by atomic mass is 10.2. The number of carbonyl (C=O) groups excluding carboxylic acids is 1. The molecule has 0 atom stereocenters. The highest BCUT2D eigenvalue weighted by Crippen LogP contribution is 2.26. The molecule has 3 rings (SSSR count). The Bertz CT molecular complexity index is 812. The summed E-state index contributed by atoms with van der Waals surface area (Å²) in [5, 5.41) is 0. The van der Waals surface area contributed by atoms with E-state index in [0.717, 1.165) is 11.3 Å². The first-order valence-electron chi connectivity index (χ1n) is 6.71. The number of amides is 1. The second-order valence-corrected chi connectivity index (χ2v) is 6.64. The number of hydrogen-bond donors (Lipinski definition) is 2. The molecule has 0 unspecified atom stereocenters. The van der Waals surface area contributed by atoms with Crippen LogP contribution in [-0.2, 0) is 5.75 Å². The number of rotatable bonds is 5. The summed E-state index contributed by atoms with van der Waals surface area (Å²) in [5.41, 5.74) is 7.31. The number of H-pyrrole nitrogens is 1. The highest BCUT2D eigenvalue weighted by Gasteiger charge is 2.11. The number of aromatic amines is 1. The molecule has 3 N–H and O–H groups in total. The van der Waals surface area contributed by atoms with Crippen LogP contribution in [-0.4, -0.2) is 22.1 Å². The summed E-state index contributed by atoms with van der Waals surface area (Å²) in [6.07, 6.45) is 2.06. The monoisotopic (exact) mass is 329 g/mol. The molecule has 0 aliphatic heterocycles. The summed E-state index contributed by atoms with van der Waals surface area (Å²) in [7, 11) is 0. The van der Waals surface area contributed by atoms with Crippen molar-refractivity contribution < 1.29 is 4.79 Å². The van der Waals surface area contributed by atoms with Gasteiger partial charge in [-0.15, -0.1) is 23.5 Å². The number of hydrogen-bond acceptors (Lipinski definition) is 4. The SMILES string of the molecule is CSc1ccc(SCc2nc3c(C(N)=O)cccc3[nH]2)cc1. The zero-order valence-electron chi connectivity index (χ0n) is 12.0. The maximum Gasteiger partial charge on any atom is 0.250 e. The van der Waals surface area contributed by atoms with Crippen LogP contribution < -0.4 is 5.73 Å². The molecule has 1 aromatic heterocycles. The second-order valence-electron chi connectivity index (χ2n) is 4.71. The largest absolute Gasteiger partial charge is 0.366 e. The molecule has 0 aliphatic rings. The van der Waals surface area contributed by atoms with E-state index in [0.29, 0.717) is 16.8 Å². The predicted octanol–water partition coefficient (Wildman–Crippen LogP) is 3.68. The standard InChI is InChI=1S/C16H15N3OS2/c1-21-10-5-7-11(8-6-10)22-9-14-18-13-4-2-3-12(16(17)20)15(13)19-14/h2-8H,9H2,1H3,(H2,17,20)(H,18,19). The van der Waals surface area contributed by atoms with Gasteiger partial charge in [0, 0.05) is 9.79 Å². The molecule has 22 heavy (non-hydrogen) atoms. The van der Waals surface area contributed by atoms with Gasteiger partial charge in [-0.05, 0) is 42.7 Å². The van der Waals surface area contributed by atoms with Gasteiger partial charge in [0.1, 0.15) is 11.3 Å². The third-order valence-corrected chi connectivity index (χ3v) is 5.03. The van der Waals surface area contributed by atoms with Gasteiger partial charge in [-0.1, -0.05) is 6.07 Å². The number of nitrogens with zero attached hydrogens (tertiary/aromatic N) is 1. The zero-order chi connectivity index (χ0) is 15.5. The molecule has 6 heteroatoms. The highest BCUT2D eigenvalue weighted by molar-refractivity contribution is 7.99. The smallest absolute Gasteiger partial charge is 0.250 e. The minimum Gasteiger partial charge on any atom is -0.366 e. The van der Waals surface area contributed by atoms with Crippen molar-refractivity contribution in [2.75, 3.05) is 6.26 Å². The van der Waals surface area contributed by atoms with Gasteiger partial charge in [0.2, 0.25) is 0 Å². The Kier molecular flexibility index (Phi) is 4.40. The summed E-state index contributed by atoms with van der Waals surface area (Å²) in [4.78, 5) is 21.6. The van der Waals surface area contributed by atoms with Crippen LogP contribution in [0.5, 0.6) is 0 Å². The number of para-hydroxylation sites is 1. The molecule has 2 aromatic carbocycles. The van der Waals surface area contributed by atoms with Gasteiger partial charge in [-0.25, -0.2) is 4.98 Å². The van der Waals surface area contributed by atoms with E-state index in [4.69, 9.17) is 5.73 Å². The van der Waals surface area contributed by atoms with E-state index in [1.165, 1.54) is 9.79 Å². The van der Waals surface area contributed by atoms with E-state index in [1.807, 2.05) is 6.07 Å². The topological polar surface area (TPSA) is 71.8 Å². The quantitative estimate of drug-likeness (QED) is 0.701. The average molecular weight is 329 g/mol. The summed E-state index contributed by atoms with van der Waals surface area (Å²) >= 11 is 3.43. The molecule has 0 saturated heterocycles. The van der Waals surface area contributed by atoms with Gasteiger partial charge in [-0.3, -0.25) is 4.79 Å². The Labute approximate surface area is 136 Å². The zero-order valence-corrected chi connectivity index (χ0v) is 13.6. The van der Waals surface area contributed by atoms with Gasteiger partial charge in [0.05, 0.1) is 16.8 Å². The maximum absolute atomic E-state index is 11.4. The molecule has 0 aliphatic carbocycles. The molecule has 4 nitrogen and oxygen atoms in total. The van der Waals surface area contributed by atoms with Crippen molar-refractivity contribution in [2.24, 2.45) is 5.73 Å². The molecule has 0 saturated carbocycles. The van der Waals surface area contributed by atoms with Gasteiger partial charge in [-0.2, -0.15) is 0 Å². The molecule has 1 amide bonds. The van der Waals surface area contributed by atoms with Crippen molar-refractivity contribution in [3.63, 3.8) is 0 Å². The van der Waals surface area contributed by atoms with Crippen LogP contribution in [0.3, 0.4) is 0 Å². The number of fused-ring (bicyclic) bond motifs is 1.